The van der Waals surface area contributed by atoms with Crippen molar-refractivity contribution in [2.75, 3.05) is 6.54 Å². The molecule has 0 amide bonds. The molecule has 1 saturated carbocycles. The molecule has 21 heavy (non-hydrogen) atoms. The molecule has 1 aromatic rings. The third-order valence-electron chi connectivity index (χ3n) is 4.61. The molecule has 0 bridgehead atoms. The van der Waals surface area contributed by atoms with Gasteiger partial charge in [0.1, 0.15) is 6.04 Å². The van der Waals surface area contributed by atoms with Crippen molar-refractivity contribution in [1.29, 1.82) is 0 Å². The zero-order valence-electron chi connectivity index (χ0n) is 12.0. The Morgan fingerprint density at radius 1 is 1.10 bits per heavy atom. The van der Waals surface area contributed by atoms with E-state index in [-0.39, 0.29) is 13.0 Å². The summed E-state index contributed by atoms with van der Waals surface area (Å²) in [5.74, 6) is 0. The van der Waals surface area contributed by atoms with E-state index in [0.717, 1.165) is 25.7 Å². The molecule has 0 aromatic carbocycles. The third kappa shape index (κ3) is 3.39. The zero-order valence-corrected chi connectivity index (χ0v) is 12.0. The molecular formula is C14H21F3N4. The molecule has 1 aromatic heterocycles. The van der Waals surface area contributed by atoms with Crippen LogP contribution in [-0.4, -0.2) is 38.7 Å². The molecule has 2 heterocycles. The van der Waals surface area contributed by atoms with Gasteiger partial charge in [0.25, 0.3) is 0 Å². The van der Waals surface area contributed by atoms with Crippen LogP contribution in [0.15, 0.2) is 6.20 Å². The molecule has 2 aliphatic rings. The number of nitrogens with zero attached hydrogens (tertiary/aromatic N) is 4. The van der Waals surface area contributed by atoms with E-state index in [0.29, 0.717) is 24.7 Å². The highest BCUT2D eigenvalue weighted by atomic mass is 19.4. The van der Waals surface area contributed by atoms with Crippen LogP contribution >= 0.6 is 0 Å². The molecule has 118 valence electrons. The van der Waals surface area contributed by atoms with E-state index >= 15 is 0 Å². The Kier molecular flexibility index (Phi) is 4.19. The van der Waals surface area contributed by atoms with Crippen molar-refractivity contribution in [3.05, 3.63) is 11.9 Å². The normalized spacial score (nSPS) is 25.6. The molecule has 1 atom stereocenters. The van der Waals surface area contributed by atoms with Crippen LogP contribution in [0.5, 0.6) is 0 Å². The summed E-state index contributed by atoms with van der Waals surface area (Å²) >= 11 is 0. The van der Waals surface area contributed by atoms with Crippen molar-refractivity contribution >= 4 is 0 Å². The lowest BCUT2D eigenvalue weighted by Gasteiger charge is -2.30. The van der Waals surface area contributed by atoms with Crippen molar-refractivity contribution < 1.29 is 13.2 Å². The first-order chi connectivity index (χ1) is 10.0. The van der Waals surface area contributed by atoms with Crippen molar-refractivity contribution in [2.45, 2.75) is 69.8 Å². The number of halogens is 3. The summed E-state index contributed by atoms with van der Waals surface area (Å²) in [6, 6.07) is -0.942. The molecule has 7 heteroatoms. The van der Waals surface area contributed by atoms with Crippen LogP contribution in [0.4, 0.5) is 13.2 Å². The van der Waals surface area contributed by atoms with Gasteiger partial charge in [0, 0.05) is 6.54 Å². The second kappa shape index (κ2) is 5.94. The van der Waals surface area contributed by atoms with Gasteiger partial charge in [0.15, 0.2) is 0 Å². The molecule has 4 nitrogen and oxygen atoms in total. The van der Waals surface area contributed by atoms with Crippen LogP contribution < -0.4 is 0 Å². The maximum Gasteiger partial charge on any atom is 0.404 e. The Morgan fingerprint density at radius 3 is 2.57 bits per heavy atom. The molecule has 1 saturated heterocycles. The van der Waals surface area contributed by atoms with Crippen LogP contribution in [0.2, 0.25) is 0 Å². The fraction of sp³-hybridized carbons (Fsp3) is 0.857. The van der Waals surface area contributed by atoms with E-state index in [1.165, 1.54) is 11.3 Å². The molecule has 0 spiro atoms. The van der Waals surface area contributed by atoms with Gasteiger partial charge in [-0.05, 0) is 38.6 Å². The molecule has 1 unspecified atom stereocenters. The second-order valence-corrected chi connectivity index (χ2v) is 6.15. The highest BCUT2D eigenvalue weighted by molar-refractivity contribution is 4.96. The second-order valence-electron chi connectivity index (χ2n) is 6.15. The first-order valence-corrected chi connectivity index (χ1v) is 7.75. The van der Waals surface area contributed by atoms with Crippen molar-refractivity contribution in [3.63, 3.8) is 0 Å². The summed E-state index contributed by atoms with van der Waals surface area (Å²) in [5.41, 5.74) is 0.651. The molecule has 3 rings (SSSR count). The van der Waals surface area contributed by atoms with Crippen LogP contribution in [0, 0.1) is 0 Å². The number of hydrogen-bond acceptors (Lipinski definition) is 3. The Bertz CT molecular complexity index is 467. The molecule has 1 aliphatic heterocycles. The van der Waals surface area contributed by atoms with E-state index in [1.807, 2.05) is 10.9 Å². The Balaban J connectivity index is 1.69. The molecule has 0 radical (unpaired) electrons. The fourth-order valence-corrected chi connectivity index (χ4v) is 3.15. The minimum absolute atomic E-state index is 0.195. The zero-order chi connectivity index (χ0) is 14.9. The highest BCUT2D eigenvalue weighted by Crippen LogP contribution is 2.33. The topological polar surface area (TPSA) is 34.0 Å². The lowest BCUT2D eigenvalue weighted by atomic mass is 9.93. The minimum Gasteiger partial charge on any atom is -0.286 e. The minimum atomic E-state index is -4.16. The van der Waals surface area contributed by atoms with Crippen LogP contribution in [0.1, 0.15) is 56.7 Å². The van der Waals surface area contributed by atoms with Crippen LogP contribution in [-0.2, 0) is 6.54 Å². The third-order valence-corrected chi connectivity index (χ3v) is 4.61. The number of alkyl halides is 3. The highest BCUT2D eigenvalue weighted by Gasteiger charge is 2.43. The maximum atomic E-state index is 13.2. The van der Waals surface area contributed by atoms with Gasteiger partial charge in [-0.1, -0.05) is 18.1 Å². The SMILES string of the molecule is FC(F)(F)C1CCCCCN1Cc1cn(C2CCC2)nn1. The van der Waals surface area contributed by atoms with Gasteiger partial charge < -0.3 is 0 Å². The molecule has 0 N–H and O–H groups in total. The maximum absolute atomic E-state index is 13.2. The molecular weight excluding hydrogens is 281 g/mol. The van der Waals surface area contributed by atoms with E-state index in [2.05, 4.69) is 10.3 Å². The number of likely N-dealkylation sites (tertiary alicyclic amines) is 1. The Hall–Kier alpha value is -1.11. The lowest BCUT2D eigenvalue weighted by molar-refractivity contribution is -0.185. The fourth-order valence-electron chi connectivity index (χ4n) is 3.15. The van der Waals surface area contributed by atoms with Crippen LogP contribution in [0.3, 0.4) is 0 Å². The van der Waals surface area contributed by atoms with Gasteiger partial charge in [-0.15, -0.1) is 5.10 Å². The van der Waals surface area contributed by atoms with Gasteiger partial charge in [-0.2, -0.15) is 13.2 Å². The van der Waals surface area contributed by atoms with Crippen molar-refractivity contribution in [3.8, 4) is 0 Å². The smallest absolute Gasteiger partial charge is 0.286 e. The number of hydrogen-bond donors (Lipinski definition) is 0. The Labute approximate surface area is 122 Å². The van der Waals surface area contributed by atoms with E-state index < -0.39 is 12.2 Å². The average molecular weight is 302 g/mol. The Morgan fingerprint density at radius 2 is 1.90 bits per heavy atom. The van der Waals surface area contributed by atoms with Gasteiger partial charge in [-0.3, -0.25) is 4.90 Å². The standard InChI is InChI=1S/C14H21F3N4/c15-14(16,17)13-7-2-1-3-8-20(13)9-11-10-21(19-18-11)12-5-4-6-12/h10,12-13H,1-9H2. The summed E-state index contributed by atoms with van der Waals surface area (Å²) in [6.07, 6.45) is 3.59. The van der Waals surface area contributed by atoms with Gasteiger partial charge in [0.2, 0.25) is 0 Å². The predicted octanol–water partition coefficient (Wildman–Crippen LogP) is 3.31. The predicted molar refractivity (Wildman–Crippen MR) is 71.6 cm³/mol. The van der Waals surface area contributed by atoms with Gasteiger partial charge in [0.05, 0.1) is 17.9 Å². The van der Waals surface area contributed by atoms with Crippen LogP contribution in [0.25, 0.3) is 0 Å². The summed E-state index contributed by atoms with van der Waals surface area (Å²) in [4.78, 5) is 1.53. The molecule has 2 fully saturated rings. The summed E-state index contributed by atoms with van der Waals surface area (Å²) in [5, 5.41) is 8.14. The first kappa shape index (κ1) is 14.8. The van der Waals surface area contributed by atoms with Crippen molar-refractivity contribution in [2.24, 2.45) is 0 Å². The summed E-state index contributed by atoms with van der Waals surface area (Å²) in [6.45, 7) is 0.733. The quantitative estimate of drug-likeness (QED) is 0.859. The lowest BCUT2D eigenvalue weighted by Crippen LogP contribution is -2.44. The van der Waals surface area contributed by atoms with E-state index in [4.69, 9.17) is 0 Å². The van der Waals surface area contributed by atoms with Gasteiger partial charge in [-0.25, -0.2) is 4.68 Å². The van der Waals surface area contributed by atoms with E-state index in [1.54, 1.807) is 0 Å². The average Bonchev–Trinajstić information content (AvgIpc) is 2.64. The largest absolute Gasteiger partial charge is 0.404 e. The monoisotopic (exact) mass is 302 g/mol. The molecule has 1 aliphatic carbocycles. The summed E-state index contributed by atoms with van der Waals surface area (Å²) in [7, 11) is 0. The number of rotatable bonds is 3. The van der Waals surface area contributed by atoms with Crippen molar-refractivity contribution in [1.82, 2.24) is 19.9 Å². The van der Waals surface area contributed by atoms with Gasteiger partial charge >= 0.3 is 6.18 Å². The summed E-state index contributed by atoms with van der Waals surface area (Å²) < 4.78 is 41.4. The number of aromatic nitrogens is 3. The first-order valence-electron chi connectivity index (χ1n) is 7.75. The van der Waals surface area contributed by atoms with E-state index in [9.17, 15) is 13.2 Å².